The van der Waals surface area contributed by atoms with E-state index in [1.165, 1.54) is 11.3 Å². The monoisotopic (exact) mass is 377 g/mol. The molecule has 138 valence electrons. The van der Waals surface area contributed by atoms with Gasteiger partial charge in [-0.3, -0.25) is 0 Å². The van der Waals surface area contributed by atoms with Gasteiger partial charge in [0.25, 0.3) is 5.88 Å². The predicted molar refractivity (Wildman–Crippen MR) is 98.1 cm³/mol. The number of benzene rings is 1. The molecule has 0 aliphatic rings. The molecule has 0 spiro atoms. The number of ether oxygens (including phenoxy) is 3. The standard InChI is InChI=1S/C18H20N2O5S/c1-10-9-26-18-19(16(21)11(2)17(22)20(10)18)8-12-6-13(23-3)15(25-5)14(7-12)24-4/h6-7,9H,8H2,1-5H3/p+1. The number of aromatic nitrogens is 2. The lowest BCUT2D eigenvalue weighted by atomic mass is 10.1. The van der Waals surface area contributed by atoms with Crippen LogP contribution in [-0.2, 0) is 6.54 Å². The van der Waals surface area contributed by atoms with E-state index in [2.05, 4.69) is 0 Å². The van der Waals surface area contributed by atoms with Crippen LogP contribution in [0.2, 0.25) is 0 Å². The molecule has 3 rings (SSSR count). The summed E-state index contributed by atoms with van der Waals surface area (Å²) in [6.07, 6.45) is 0. The predicted octanol–water partition coefficient (Wildman–Crippen LogP) is 2.05. The SMILES string of the molecule is COc1cc(C[n+]2c(O)c(C)c(=O)n3c(C)csc32)cc(OC)c1OC. The Bertz CT molecular complexity index is 1010. The van der Waals surface area contributed by atoms with Crippen LogP contribution < -0.4 is 24.3 Å². The lowest BCUT2D eigenvalue weighted by Crippen LogP contribution is -2.40. The van der Waals surface area contributed by atoms with Gasteiger partial charge >= 0.3 is 10.5 Å². The molecule has 1 N–H and O–H groups in total. The molecule has 0 unspecified atom stereocenters. The van der Waals surface area contributed by atoms with Crippen molar-refractivity contribution < 1.29 is 23.9 Å². The topological polar surface area (TPSA) is 73.3 Å². The van der Waals surface area contributed by atoms with Crippen LogP contribution >= 0.6 is 11.3 Å². The summed E-state index contributed by atoms with van der Waals surface area (Å²) in [7, 11) is 4.66. The first-order valence-corrected chi connectivity index (χ1v) is 8.82. The molecule has 8 heteroatoms. The van der Waals surface area contributed by atoms with Crippen molar-refractivity contribution in [1.29, 1.82) is 0 Å². The summed E-state index contributed by atoms with van der Waals surface area (Å²) in [5.74, 6) is 1.52. The fourth-order valence-corrected chi connectivity index (χ4v) is 3.93. The first-order valence-electron chi connectivity index (χ1n) is 7.94. The van der Waals surface area contributed by atoms with Gasteiger partial charge in [0.1, 0.15) is 17.8 Å². The Hall–Kier alpha value is -2.74. The second kappa shape index (κ2) is 6.87. The summed E-state index contributed by atoms with van der Waals surface area (Å²) >= 11 is 1.40. The molecule has 0 atom stereocenters. The Morgan fingerprint density at radius 1 is 1.12 bits per heavy atom. The fourth-order valence-electron chi connectivity index (χ4n) is 2.93. The molecule has 0 saturated heterocycles. The van der Waals surface area contributed by atoms with Gasteiger partial charge in [-0.05, 0) is 26.0 Å². The maximum Gasteiger partial charge on any atom is 0.351 e. The van der Waals surface area contributed by atoms with Crippen molar-refractivity contribution in [3.63, 3.8) is 0 Å². The van der Waals surface area contributed by atoms with E-state index in [1.54, 1.807) is 37.2 Å². The average Bonchev–Trinajstić information content (AvgIpc) is 3.03. The number of fused-ring (bicyclic) bond motifs is 1. The quantitative estimate of drug-likeness (QED) is 0.689. The van der Waals surface area contributed by atoms with E-state index in [9.17, 15) is 9.90 Å². The molecule has 0 saturated carbocycles. The van der Waals surface area contributed by atoms with Gasteiger partial charge in [0.2, 0.25) is 5.75 Å². The Balaban J connectivity index is 2.20. The third-order valence-corrected chi connectivity index (χ3v) is 5.36. The van der Waals surface area contributed by atoms with Crippen LogP contribution in [0, 0.1) is 13.8 Å². The first-order chi connectivity index (χ1) is 12.4. The van der Waals surface area contributed by atoms with Gasteiger partial charge < -0.3 is 19.3 Å². The van der Waals surface area contributed by atoms with Crippen LogP contribution in [-0.4, -0.2) is 30.8 Å². The minimum atomic E-state index is -0.211. The van der Waals surface area contributed by atoms with E-state index < -0.39 is 0 Å². The smallest absolute Gasteiger partial charge is 0.351 e. The maximum atomic E-state index is 12.5. The highest BCUT2D eigenvalue weighted by Gasteiger charge is 2.25. The molecule has 0 bridgehead atoms. The van der Waals surface area contributed by atoms with Gasteiger partial charge in [0.15, 0.2) is 11.5 Å². The maximum absolute atomic E-state index is 12.5. The largest absolute Gasteiger partial charge is 0.493 e. The fraction of sp³-hybridized carbons (Fsp3) is 0.333. The van der Waals surface area contributed by atoms with Crippen molar-refractivity contribution in [3.8, 4) is 23.1 Å². The summed E-state index contributed by atoms with van der Waals surface area (Å²) < 4.78 is 19.4. The highest BCUT2D eigenvalue weighted by molar-refractivity contribution is 7.14. The van der Waals surface area contributed by atoms with Gasteiger partial charge in [-0.1, -0.05) is 11.3 Å². The molecule has 0 aliphatic heterocycles. The minimum Gasteiger partial charge on any atom is -0.493 e. The molecule has 2 heterocycles. The molecule has 7 nitrogen and oxygen atoms in total. The number of rotatable bonds is 5. The molecular formula is C18H21N2O5S+. The average molecular weight is 377 g/mol. The summed E-state index contributed by atoms with van der Waals surface area (Å²) in [4.78, 5) is 13.1. The number of hydrogen-bond acceptors (Lipinski definition) is 6. The number of nitrogens with zero attached hydrogens (tertiary/aromatic N) is 2. The van der Waals surface area contributed by atoms with Crippen LogP contribution in [0.1, 0.15) is 16.8 Å². The van der Waals surface area contributed by atoms with E-state index in [4.69, 9.17) is 14.2 Å². The number of thiazole rings is 1. The molecule has 3 aromatic rings. The molecule has 2 aromatic heterocycles. The van der Waals surface area contributed by atoms with Gasteiger partial charge in [-0.15, -0.1) is 0 Å². The number of methoxy groups -OCH3 is 3. The number of aryl methyl sites for hydroxylation is 1. The Morgan fingerprint density at radius 3 is 2.27 bits per heavy atom. The van der Waals surface area contributed by atoms with Crippen molar-refractivity contribution in [2.24, 2.45) is 0 Å². The van der Waals surface area contributed by atoms with Crippen molar-refractivity contribution >= 4 is 16.3 Å². The van der Waals surface area contributed by atoms with Gasteiger partial charge in [-0.25, -0.2) is 4.79 Å². The summed E-state index contributed by atoms with van der Waals surface area (Å²) in [5, 5.41) is 12.5. The Labute approximate surface area is 154 Å². The number of hydrogen-bond donors (Lipinski definition) is 1. The van der Waals surface area contributed by atoms with E-state index >= 15 is 0 Å². The third kappa shape index (κ3) is 2.76. The molecule has 0 radical (unpaired) electrons. The van der Waals surface area contributed by atoms with Crippen LogP contribution in [0.3, 0.4) is 0 Å². The zero-order chi connectivity index (χ0) is 19.0. The van der Waals surface area contributed by atoms with Crippen LogP contribution in [0.15, 0.2) is 22.3 Å². The molecular weight excluding hydrogens is 356 g/mol. The summed E-state index contributed by atoms with van der Waals surface area (Å²) in [5.41, 5.74) is 1.76. The third-order valence-electron chi connectivity index (χ3n) is 4.29. The molecule has 0 aliphatic carbocycles. The highest BCUT2D eigenvalue weighted by Crippen LogP contribution is 2.38. The van der Waals surface area contributed by atoms with E-state index in [-0.39, 0.29) is 11.4 Å². The minimum absolute atomic E-state index is 0.0504. The second-order valence-corrected chi connectivity index (χ2v) is 6.71. The Morgan fingerprint density at radius 2 is 1.73 bits per heavy atom. The van der Waals surface area contributed by atoms with Crippen molar-refractivity contribution in [2.45, 2.75) is 20.4 Å². The molecule has 0 fully saturated rings. The summed E-state index contributed by atoms with van der Waals surface area (Å²) in [6, 6.07) is 3.65. The number of aromatic hydroxyl groups is 1. The van der Waals surface area contributed by atoms with E-state index in [0.717, 1.165) is 11.3 Å². The van der Waals surface area contributed by atoms with Crippen LogP contribution in [0.4, 0.5) is 0 Å². The lowest BCUT2D eigenvalue weighted by molar-refractivity contribution is -0.670. The zero-order valence-corrected chi connectivity index (χ0v) is 16.1. The van der Waals surface area contributed by atoms with E-state index in [1.807, 2.05) is 24.4 Å². The highest BCUT2D eigenvalue weighted by atomic mass is 32.1. The summed E-state index contributed by atoms with van der Waals surface area (Å²) in [6.45, 7) is 3.82. The van der Waals surface area contributed by atoms with Crippen LogP contribution in [0.5, 0.6) is 23.1 Å². The lowest BCUT2D eigenvalue weighted by Gasteiger charge is -2.14. The second-order valence-electron chi connectivity index (χ2n) is 5.87. The molecule has 0 amide bonds. The van der Waals surface area contributed by atoms with Gasteiger partial charge in [-0.2, -0.15) is 8.97 Å². The van der Waals surface area contributed by atoms with Gasteiger partial charge in [0.05, 0.1) is 21.3 Å². The van der Waals surface area contributed by atoms with Crippen molar-refractivity contribution in [2.75, 3.05) is 21.3 Å². The van der Waals surface area contributed by atoms with Crippen molar-refractivity contribution in [1.82, 2.24) is 4.40 Å². The normalized spacial score (nSPS) is 11.0. The molecule has 1 aromatic carbocycles. The van der Waals surface area contributed by atoms with E-state index in [0.29, 0.717) is 34.3 Å². The van der Waals surface area contributed by atoms with Crippen molar-refractivity contribution in [3.05, 3.63) is 44.7 Å². The Kier molecular flexibility index (Phi) is 4.78. The molecule has 26 heavy (non-hydrogen) atoms. The van der Waals surface area contributed by atoms with Gasteiger partial charge in [0, 0.05) is 10.9 Å². The zero-order valence-electron chi connectivity index (χ0n) is 15.3. The first kappa shape index (κ1) is 18.1. The van der Waals surface area contributed by atoms with Crippen LogP contribution in [0.25, 0.3) is 4.96 Å².